The number of carbonyl (C=O) groups is 2. The fraction of sp³-hybridized carbons (Fsp3) is 0.562. The first-order chi connectivity index (χ1) is 20.1. The van der Waals surface area contributed by atoms with Gasteiger partial charge in [0.15, 0.2) is 0 Å². The summed E-state index contributed by atoms with van der Waals surface area (Å²) in [6, 6.07) is 9.66. The highest BCUT2D eigenvalue weighted by Crippen LogP contribution is 2.42. The molecule has 4 atom stereocenters. The topological polar surface area (TPSA) is 70.1 Å². The zero-order valence-electron chi connectivity index (χ0n) is 23.8. The number of nitrogens with zero attached hydrogens (tertiary/aromatic N) is 2. The number of benzene rings is 2. The lowest BCUT2D eigenvalue weighted by Gasteiger charge is -2.41. The van der Waals surface area contributed by atoms with Crippen molar-refractivity contribution in [1.29, 1.82) is 0 Å². The average molecular weight is 607 g/mol. The second-order valence-corrected chi connectivity index (χ2v) is 12.5. The molecule has 2 fully saturated rings. The van der Waals surface area contributed by atoms with Crippen LogP contribution in [0.3, 0.4) is 0 Å². The Bertz CT molecular complexity index is 1280. The molecule has 0 unspecified atom stereocenters. The van der Waals surface area contributed by atoms with E-state index in [2.05, 4.69) is 17.9 Å². The fourth-order valence-electron chi connectivity index (χ4n) is 6.93. The number of piperidine rings is 1. The van der Waals surface area contributed by atoms with E-state index in [0.29, 0.717) is 61.0 Å². The molecule has 5 rings (SSSR count). The molecular weight excluding hydrogens is 569 g/mol. The highest BCUT2D eigenvalue weighted by molar-refractivity contribution is 6.31. The molecule has 6 nitrogen and oxygen atoms in total. The molecule has 1 aliphatic carbocycles. The number of carbonyl (C=O) groups excluding carboxylic acids is 2. The van der Waals surface area contributed by atoms with Crippen molar-refractivity contribution in [2.45, 2.75) is 70.1 Å². The Kier molecular flexibility index (Phi) is 9.50. The SMILES string of the molecule is C[C@H]1CN([C@@H](CO)CC[C@@H](C(=O)N2CCc3c(Cl)cc(C(F)(F)F)cc3C2)C2CC2)CC[C@@H]1c1cccc(OC=O)c1. The van der Waals surface area contributed by atoms with Crippen molar-refractivity contribution < 1.29 is 32.6 Å². The summed E-state index contributed by atoms with van der Waals surface area (Å²) in [7, 11) is 0. The van der Waals surface area contributed by atoms with E-state index in [4.69, 9.17) is 16.3 Å². The number of aliphatic hydroxyl groups excluding tert-OH is 1. The summed E-state index contributed by atoms with van der Waals surface area (Å²) in [6.45, 7) is 4.82. The molecule has 2 aromatic carbocycles. The summed E-state index contributed by atoms with van der Waals surface area (Å²) in [5, 5.41) is 10.4. The molecule has 2 aliphatic heterocycles. The van der Waals surface area contributed by atoms with Crippen LogP contribution in [0.4, 0.5) is 13.2 Å². The van der Waals surface area contributed by atoms with Crippen LogP contribution in [0.2, 0.25) is 5.02 Å². The van der Waals surface area contributed by atoms with Crippen LogP contribution in [0.25, 0.3) is 0 Å². The molecular formula is C32H38ClF3N2O4. The largest absolute Gasteiger partial charge is 0.429 e. The van der Waals surface area contributed by atoms with E-state index in [0.717, 1.165) is 50.0 Å². The Morgan fingerprint density at radius 3 is 2.62 bits per heavy atom. The smallest absolute Gasteiger partial charge is 0.416 e. The zero-order valence-corrected chi connectivity index (χ0v) is 24.5. The third kappa shape index (κ3) is 6.95. The van der Waals surface area contributed by atoms with Crippen LogP contribution in [0, 0.1) is 17.8 Å². The number of alkyl halides is 3. The maximum absolute atomic E-state index is 13.7. The number of hydrogen-bond donors (Lipinski definition) is 1. The van der Waals surface area contributed by atoms with E-state index < -0.39 is 11.7 Å². The number of ether oxygens (including phenoxy) is 1. The van der Waals surface area contributed by atoms with Crippen LogP contribution in [0.1, 0.15) is 67.2 Å². The zero-order chi connectivity index (χ0) is 30.0. The molecule has 0 bridgehead atoms. The molecule has 1 saturated carbocycles. The van der Waals surface area contributed by atoms with Crippen LogP contribution in [0.5, 0.6) is 5.75 Å². The van der Waals surface area contributed by atoms with E-state index in [1.54, 1.807) is 11.0 Å². The molecule has 2 heterocycles. The van der Waals surface area contributed by atoms with Gasteiger partial charge in [0.1, 0.15) is 5.75 Å². The van der Waals surface area contributed by atoms with Crippen LogP contribution in [-0.2, 0) is 28.7 Å². The van der Waals surface area contributed by atoms with E-state index in [9.17, 15) is 27.9 Å². The van der Waals surface area contributed by atoms with Crippen LogP contribution >= 0.6 is 11.6 Å². The molecule has 2 aromatic rings. The summed E-state index contributed by atoms with van der Waals surface area (Å²) in [5.74, 6) is 1.25. The summed E-state index contributed by atoms with van der Waals surface area (Å²) < 4.78 is 45.2. The van der Waals surface area contributed by atoms with Gasteiger partial charge in [-0.15, -0.1) is 0 Å². The lowest BCUT2D eigenvalue weighted by molar-refractivity contribution is -0.137. The van der Waals surface area contributed by atoms with Crippen molar-refractivity contribution in [2.24, 2.45) is 17.8 Å². The molecule has 3 aliphatic rings. The first-order valence-corrected chi connectivity index (χ1v) is 15.2. The van der Waals surface area contributed by atoms with Gasteiger partial charge in [-0.25, -0.2) is 0 Å². The van der Waals surface area contributed by atoms with E-state index in [1.807, 2.05) is 12.1 Å². The summed E-state index contributed by atoms with van der Waals surface area (Å²) in [6.07, 6.45) is 0.114. The summed E-state index contributed by atoms with van der Waals surface area (Å²) in [5.41, 5.74) is 1.51. The standard InChI is InChI=1S/C32H38ClF3N2O4/c1-20-16-37(11-9-27(20)22-3-2-4-26(14-22)42-19-40)25(18-39)7-8-29(21-5-6-21)31(41)38-12-10-28-23(17-38)13-24(15-30(28)33)32(34,35)36/h2-4,13-15,19-21,25,27,29,39H,5-12,16-18H2,1H3/t20-,25+,27-,29+/m0/s1. The normalized spacial score (nSPS) is 22.8. The highest BCUT2D eigenvalue weighted by atomic mass is 35.5. The Labute approximate surface area is 249 Å². The second-order valence-electron chi connectivity index (χ2n) is 12.1. The van der Waals surface area contributed by atoms with Gasteiger partial charge in [0, 0.05) is 36.6 Å². The van der Waals surface area contributed by atoms with Gasteiger partial charge in [0.25, 0.3) is 6.47 Å². The quantitative estimate of drug-likeness (QED) is 0.333. The molecule has 0 radical (unpaired) electrons. The third-order valence-electron chi connectivity index (χ3n) is 9.37. The first kappa shape index (κ1) is 30.8. The monoisotopic (exact) mass is 606 g/mol. The van der Waals surface area contributed by atoms with Crippen molar-refractivity contribution >= 4 is 24.0 Å². The van der Waals surface area contributed by atoms with Gasteiger partial charge >= 0.3 is 6.18 Å². The number of rotatable bonds is 10. The second kappa shape index (κ2) is 12.9. The van der Waals surface area contributed by atoms with Crippen LogP contribution in [0.15, 0.2) is 36.4 Å². The molecule has 1 N–H and O–H groups in total. The highest BCUT2D eigenvalue weighted by Gasteiger charge is 2.40. The van der Waals surface area contributed by atoms with Gasteiger partial charge in [-0.05, 0) is 104 Å². The third-order valence-corrected chi connectivity index (χ3v) is 9.71. The van der Waals surface area contributed by atoms with Crippen molar-refractivity contribution in [3.63, 3.8) is 0 Å². The lowest BCUT2D eigenvalue weighted by atomic mass is 9.80. The number of likely N-dealkylation sites (tertiary alicyclic amines) is 1. The average Bonchev–Trinajstić information content (AvgIpc) is 3.80. The summed E-state index contributed by atoms with van der Waals surface area (Å²) >= 11 is 6.20. The lowest BCUT2D eigenvalue weighted by Crippen LogP contribution is -2.47. The number of hydrogen-bond acceptors (Lipinski definition) is 5. The van der Waals surface area contributed by atoms with Crippen LogP contribution < -0.4 is 4.74 Å². The van der Waals surface area contributed by atoms with E-state index in [-0.39, 0.29) is 42.0 Å². The van der Waals surface area contributed by atoms with Gasteiger partial charge in [0.2, 0.25) is 5.91 Å². The van der Waals surface area contributed by atoms with Crippen molar-refractivity contribution in [3.05, 3.63) is 63.7 Å². The molecule has 1 saturated heterocycles. The predicted octanol–water partition coefficient (Wildman–Crippen LogP) is 6.07. The van der Waals surface area contributed by atoms with Gasteiger partial charge in [-0.1, -0.05) is 30.7 Å². The molecule has 0 aromatic heterocycles. The maximum atomic E-state index is 13.7. The summed E-state index contributed by atoms with van der Waals surface area (Å²) in [4.78, 5) is 28.5. The molecule has 10 heteroatoms. The minimum Gasteiger partial charge on any atom is -0.429 e. The van der Waals surface area contributed by atoms with Crippen molar-refractivity contribution in [2.75, 3.05) is 26.2 Å². The Morgan fingerprint density at radius 1 is 1.17 bits per heavy atom. The maximum Gasteiger partial charge on any atom is 0.416 e. The van der Waals surface area contributed by atoms with E-state index >= 15 is 0 Å². The Hall–Kier alpha value is -2.62. The number of amides is 1. The minimum atomic E-state index is -4.50. The Balaban J connectivity index is 1.21. The number of fused-ring (bicyclic) bond motifs is 1. The van der Waals surface area contributed by atoms with Gasteiger partial charge in [-0.3, -0.25) is 14.5 Å². The first-order valence-electron chi connectivity index (χ1n) is 14.8. The van der Waals surface area contributed by atoms with Gasteiger partial charge in [0.05, 0.1) is 12.2 Å². The van der Waals surface area contributed by atoms with E-state index in [1.165, 1.54) is 0 Å². The molecule has 1 amide bonds. The molecule has 0 spiro atoms. The van der Waals surface area contributed by atoms with Gasteiger partial charge in [-0.2, -0.15) is 13.2 Å². The molecule has 228 valence electrons. The van der Waals surface area contributed by atoms with Gasteiger partial charge < -0.3 is 14.7 Å². The van der Waals surface area contributed by atoms with Crippen LogP contribution in [-0.4, -0.2) is 59.6 Å². The number of halogens is 4. The Morgan fingerprint density at radius 2 is 1.95 bits per heavy atom. The fourth-order valence-corrected chi connectivity index (χ4v) is 7.27. The predicted molar refractivity (Wildman–Crippen MR) is 153 cm³/mol. The molecule has 42 heavy (non-hydrogen) atoms. The minimum absolute atomic E-state index is 0.00142. The van der Waals surface area contributed by atoms with Crippen molar-refractivity contribution in [1.82, 2.24) is 9.80 Å². The van der Waals surface area contributed by atoms with Crippen molar-refractivity contribution in [3.8, 4) is 5.75 Å². The number of aliphatic hydroxyl groups is 1.